The van der Waals surface area contributed by atoms with E-state index in [4.69, 9.17) is 4.74 Å². The van der Waals surface area contributed by atoms with Gasteiger partial charge in [0, 0.05) is 13.2 Å². The lowest BCUT2D eigenvalue weighted by molar-refractivity contribution is 0.0526. The number of carbonyl (C=O) groups excluding carboxylic acids is 1. The third-order valence-electron chi connectivity index (χ3n) is 2.80. The van der Waals surface area contributed by atoms with Crippen LogP contribution in [0.25, 0.3) is 17.0 Å². The van der Waals surface area contributed by atoms with Crippen molar-refractivity contribution in [3.63, 3.8) is 0 Å². The molecule has 0 bridgehead atoms. The standard InChI is InChI=1S/C12H13N7O2/c1-3-21-11(20)7-4-16-19(5-7)10-8-9(15-6-14-8)17-12(13-2)18-10/h4-6H,3H2,1-2H3,(H2,13,14,15,17,18). The van der Waals surface area contributed by atoms with Gasteiger partial charge >= 0.3 is 5.97 Å². The van der Waals surface area contributed by atoms with E-state index in [1.165, 1.54) is 17.2 Å². The van der Waals surface area contributed by atoms with Gasteiger partial charge in [-0.1, -0.05) is 0 Å². The Labute approximate surface area is 119 Å². The normalized spacial score (nSPS) is 10.8. The lowest BCUT2D eigenvalue weighted by Gasteiger charge is -2.04. The van der Waals surface area contributed by atoms with Crippen molar-refractivity contribution in [3.05, 3.63) is 24.3 Å². The third-order valence-corrected chi connectivity index (χ3v) is 2.80. The van der Waals surface area contributed by atoms with Crippen molar-refractivity contribution < 1.29 is 9.53 Å². The van der Waals surface area contributed by atoms with Crippen molar-refractivity contribution in [2.24, 2.45) is 0 Å². The van der Waals surface area contributed by atoms with Crippen molar-refractivity contribution in [1.82, 2.24) is 29.7 Å². The van der Waals surface area contributed by atoms with Gasteiger partial charge in [0.15, 0.2) is 11.5 Å². The Bertz CT molecular complexity index is 792. The minimum Gasteiger partial charge on any atom is -0.462 e. The first kappa shape index (κ1) is 13.0. The summed E-state index contributed by atoms with van der Waals surface area (Å²) in [6, 6.07) is 0. The number of anilines is 1. The molecule has 2 N–H and O–H groups in total. The van der Waals surface area contributed by atoms with Gasteiger partial charge in [0.05, 0.1) is 24.7 Å². The van der Waals surface area contributed by atoms with E-state index in [0.717, 1.165) is 0 Å². The summed E-state index contributed by atoms with van der Waals surface area (Å²) < 4.78 is 6.42. The number of nitrogens with one attached hydrogen (secondary N) is 2. The largest absolute Gasteiger partial charge is 0.462 e. The molecule has 0 amide bonds. The second kappa shape index (κ2) is 5.19. The highest BCUT2D eigenvalue weighted by atomic mass is 16.5. The average molecular weight is 287 g/mol. The Balaban J connectivity index is 2.07. The van der Waals surface area contributed by atoms with Gasteiger partial charge in [-0.15, -0.1) is 0 Å². The van der Waals surface area contributed by atoms with Crippen LogP contribution >= 0.6 is 0 Å². The maximum atomic E-state index is 11.7. The fourth-order valence-electron chi connectivity index (χ4n) is 1.85. The molecule has 0 aromatic carbocycles. The number of imidazole rings is 1. The van der Waals surface area contributed by atoms with Crippen molar-refractivity contribution in [3.8, 4) is 5.82 Å². The molecule has 9 nitrogen and oxygen atoms in total. The summed E-state index contributed by atoms with van der Waals surface area (Å²) >= 11 is 0. The van der Waals surface area contributed by atoms with E-state index in [-0.39, 0.29) is 0 Å². The summed E-state index contributed by atoms with van der Waals surface area (Å²) in [5.74, 6) is 0.489. The molecule has 0 aliphatic heterocycles. The Morgan fingerprint density at radius 1 is 1.48 bits per heavy atom. The summed E-state index contributed by atoms with van der Waals surface area (Å²) in [5.41, 5.74) is 1.50. The number of aromatic amines is 1. The molecule has 108 valence electrons. The molecule has 0 spiro atoms. The van der Waals surface area contributed by atoms with E-state index in [9.17, 15) is 4.79 Å². The lowest BCUT2D eigenvalue weighted by atomic mass is 10.4. The number of aromatic nitrogens is 6. The number of hydrogen-bond donors (Lipinski definition) is 2. The summed E-state index contributed by atoms with van der Waals surface area (Å²) in [5, 5.41) is 7.00. The molecule has 0 aliphatic carbocycles. The molecule has 0 unspecified atom stereocenters. The molecule has 9 heteroatoms. The second-order valence-corrected chi connectivity index (χ2v) is 4.12. The van der Waals surface area contributed by atoms with Crippen molar-refractivity contribution in [2.75, 3.05) is 19.0 Å². The second-order valence-electron chi connectivity index (χ2n) is 4.12. The Morgan fingerprint density at radius 3 is 3.10 bits per heavy atom. The SMILES string of the molecule is CCOC(=O)c1cnn(-c2nc(NC)nc3nc[nH]c23)c1. The quantitative estimate of drug-likeness (QED) is 0.681. The van der Waals surface area contributed by atoms with Gasteiger partial charge in [0.25, 0.3) is 0 Å². The van der Waals surface area contributed by atoms with Crippen molar-refractivity contribution in [1.29, 1.82) is 0 Å². The van der Waals surface area contributed by atoms with Gasteiger partial charge in [-0.05, 0) is 6.92 Å². The monoisotopic (exact) mass is 287 g/mol. The molecule has 21 heavy (non-hydrogen) atoms. The molecule has 0 saturated heterocycles. The summed E-state index contributed by atoms with van der Waals surface area (Å²) in [6.07, 6.45) is 4.51. The fourth-order valence-corrected chi connectivity index (χ4v) is 1.85. The topological polar surface area (TPSA) is 111 Å². The smallest absolute Gasteiger partial charge is 0.341 e. The first-order chi connectivity index (χ1) is 10.2. The average Bonchev–Trinajstić information content (AvgIpc) is 3.15. The zero-order valence-corrected chi connectivity index (χ0v) is 11.5. The minimum atomic E-state index is -0.424. The molecule has 3 rings (SSSR count). The van der Waals surface area contributed by atoms with Gasteiger partial charge in [-0.3, -0.25) is 0 Å². The maximum absolute atomic E-state index is 11.7. The molecule has 0 radical (unpaired) electrons. The van der Waals surface area contributed by atoms with Gasteiger partial charge in [0.1, 0.15) is 5.52 Å². The summed E-state index contributed by atoms with van der Waals surface area (Å²) in [4.78, 5) is 27.3. The number of hydrogen-bond acceptors (Lipinski definition) is 7. The predicted molar refractivity (Wildman–Crippen MR) is 74.3 cm³/mol. The van der Waals surface area contributed by atoms with Crippen LogP contribution in [0.15, 0.2) is 18.7 Å². The zero-order valence-electron chi connectivity index (χ0n) is 11.5. The van der Waals surface area contributed by atoms with Gasteiger partial charge < -0.3 is 15.0 Å². The molecule has 3 heterocycles. The Hall–Kier alpha value is -2.97. The number of ether oxygens (including phenoxy) is 1. The fraction of sp³-hybridized carbons (Fsp3) is 0.250. The third kappa shape index (κ3) is 2.29. The number of nitrogens with zero attached hydrogens (tertiary/aromatic N) is 5. The van der Waals surface area contributed by atoms with E-state index in [1.54, 1.807) is 20.2 Å². The summed E-state index contributed by atoms with van der Waals surface area (Å²) in [7, 11) is 1.71. The molecule has 0 atom stereocenters. The van der Waals surface area contributed by atoms with Crippen LogP contribution in [-0.4, -0.2) is 49.3 Å². The van der Waals surface area contributed by atoms with Gasteiger partial charge in [0.2, 0.25) is 5.95 Å². The van der Waals surface area contributed by atoms with Gasteiger partial charge in [-0.25, -0.2) is 14.5 Å². The van der Waals surface area contributed by atoms with Crippen LogP contribution in [0.1, 0.15) is 17.3 Å². The molecule has 0 fully saturated rings. The van der Waals surface area contributed by atoms with E-state index < -0.39 is 5.97 Å². The van der Waals surface area contributed by atoms with E-state index in [1.807, 2.05) is 0 Å². The molecule has 0 saturated carbocycles. The van der Waals surface area contributed by atoms with E-state index >= 15 is 0 Å². The number of fused-ring (bicyclic) bond motifs is 1. The number of carbonyl (C=O) groups is 1. The molecule has 3 aromatic rings. The molecule has 3 aromatic heterocycles. The highest BCUT2D eigenvalue weighted by Crippen LogP contribution is 2.17. The minimum absolute atomic E-state index is 0.312. The van der Waals surface area contributed by atoms with Crippen LogP contribution in [-0.2, 0) is 4.74 Å². The maximum Gasteiger partial charge on any atom is 0.341 e. The lowest BCUT2D eigenvalue weighted by Crippen LogP contribution is -2.05. The van der Waals surface area contributed by atoms with Crippen LogP contribution in [0, 0.1) is 0 Å². The molecule has 0 aliphatic rings. The highest BCUT2D eigenvalue weighted by Gasteiger charge is 2.15. The van der Waals surface area contributed by atoms with Crippen molar-refractivity contribution in [2.45, 2.75) is 6.92 Å². The number of H-pyrrole nitrogens is 1. The zero-order chi connectivity index (χ0) is 14.8. The Kier molecular flexibility index (Phi) is 3.22. The van der Waals surface area contributed by atoms with E-state index in [2.05, 4.69) is 30.4 Å². The van der Waals surface area contributed by atoms with Crippen LogP contribution in [0.5, 0.6) is 0 Å². The van der Waals surface area contributed by atoms with Crippen LogP contribution in [0.3, 0.4) is 0 Å². The van der Waals surface area contributed by atoms with Crippen molar-refractivity contribution >= 4 is 23.1 Å². The molecular formula is C12H13N7O2. The number of rotatable bonds is 4. The molecular weight excluding hydrogens is 274 g/mol. The summed E-state index contributed by atoms with van der Waals surface area (Å²) in [6.45, 7) is 2.06. The predicted octanol–water partition coefficient (Wildman–Crippen LogP) is 0.757. The van der Waals surface area contributed by atoms with Crippen LogP contribution in [0.2, 0.25) is 0 Å². The number of esters is 1. The highest BCUT2D eigenvalue weighted by molar-refractivity contribution is 5.89. The first-order valence-electron chi connectivity index (χ1n) is 6.34. The van der Waals surface area contributed by atoms with E-state index in [0.29, 0.717) is 35.1 Å². The Morgan fingerprint density at radius 2 is 2.33 bits per heavy atom. The first-order valence-corrected chi connectivity index (χ1v) is 6.34. The van der Waals surface area contributed by atoms with Gasteiger partial charge in [-0.2, -0.15) is 15.1 Å². The van der Waals surface area contributed by atoms with Crippen LogP contribution < -0.4 is 5.32 Å². The van der Waals surface area contributed by atoms with Crippen LogP contribution in [0.4, 0.5) is 5.95 Å².